The Kier molecular flexibility index (Phi) is 4.50. The smallest absolute Gasteiger partial charge is 0.328 e. The molecule has 0 spiro atoms. The van der Waals surface area contributed by atoms with Crippen LogP contribution in [-0.2, 0) is 24.1 Å². The maximum absolute atomic E-state index is 12.6. The van der Waals surface area contributed by atoms with E-state index >= 15 is 0 Å². The van der Waals surface area contributed by atoms with Crippen molar-refractivity contribution in [3.63, 3.8) is 0 Å². The molecule has 6 aromatic rings. The molecule has 176 valence electrons. The molecule has 4 aromatic heterocycles. The van der Waals surface area contributed by atoms with Gasteiger partial charge in [-0.2, -0.15) is 0 Å². The molecule has 0 amide bonds. The van der Waals surface area contributed by atoms with Crippen LogP contribution in [0.1, 0.15) is 0 Å². The van der Waals surface area contributed by atoms with Gasteiger partial charge in [0.15, 0.2) is 0 Å². The number of imidazole rings is 2. The molecule has 0 atom stereocenters. The highest BCUT2D eigenvalue weighted by atomic mass is 32.2. The number of rotatable bonds is 4. The molecule has 11 heteroatoms. The number of benzene rings is 2. The van der Waals surface area contributed by atoms with Crippen molar-refractivity contribution in [3.05, 3.63) is 71.5 Å². The lowest BCUT2D eigenvalue weighted by Gasteiger charge is -2.11. The first-order valence-electron chi connectivity index (χ1n) is 10.8. The number of hydrogen-bond donors (Lipinski definition) is 2. The average Bonchev–Trinajstić information content (AvgIpc) is 3.53. The van der Waals surface area contributed by atoms with E-state index < -0.39 is 10.0 Å². The maximum Gasteiger partial charge on any atom is 0.328 e. The van der Waals surface area contributed by atoms with Crippen LogP contribution in [0, 0.1) is 0 Å². The number of sulfonamides is 1. The molecule has 0 aliphatic rings. The summed E-state index contributed by atoms with van der Waals surface area (Å²) in [5.41, 5.74) is 5.15. The van der Waals surface area contributed by atoms with Gasteiger partial charge in [0.2, 0.25) is 10.0 Å². The normalized spacial score (nSPS) is 12.3. The second-order valence-corrected chi connectivity index (χ2v) is 10.2. The minimum Gasteiger partial charge on any atom is -0.360 e. The topological polar surface area (TPSA) is 120 Å². The van der Waals surface area contributed by atoms with Gasteiger partial charge in [0, 0.05) is 54.8 Å². The van der Waals surface area contributed by atoms with E-state index in [9.17, 15) is 13.2 Å². The molecule has 0 radical (unpaired) electrons. The molecule has 0 aliphatic carbocycles. The van der Waals surface area contributed by atoms with Gasteiger partial charge in [-0.05, 0) is 49.5 Å². The van der Waals surface area contributed by atoms with E-state index in [1.54, 1.807) is 47.8 Å². The minimum atomic E-state index is -3.67. The quantitative estimate of drug-likeness (QED) is 0.396. The lowest BCUT2D eigenvalue weighted by Crippen LogP contribution is -2.19. The number of aromatic amines is 1. The molecule has 0 fully saturated rings. The highest BCUT2D eigenvalue weighted by molar-refractivity contribution is 7.89. The second-order valence-electron chi connectivity index (χ2n) is 8.33. The first kappa shape index (κ1) is 21.3. The molecule has 0 unspecified atom stereocenters. The predicted octanol–water partition coefficient (Wildman–Crippen LogP) is 2.67. The van der Waals surface area contributed by atoms with Crippen molar-refractivity contribution < 1.29 is 8.42 Å². The van der Waals surface area contributed by atoms with Gasteiger partial charge in [0.25, 0.3) is 0 Å². The highest BCUT2D eigenvalue weighted by Gasteiger charge is 2.21. The Bertz CT molecular complexity index is 1960. The number of nitrogens with zero attached hydrogens (tertiary/aromatic N) is 5. The Labute approximate surface area is 199 Å². The summed E-state index contributed by atoms with van der Waals surface area (Å²) < 4.78 is 32.6. The summed E-state index contributed by atoms with van der Waals surface area (Å²) in [4.78, 5) is 25.0. The van der Waals surface area contributed by atoms with Crippen LogP contribution >= 0.6 is 0 Å². The van der Waals surface area contributed by atoms with Gasteiger partial charge >= 0.3 is 5.69 Å². The summed E-state index contributed by atoms with van der Waals surface area (Å²) in [7, 11) is 1.17. The summed E-state index contributed by atoms with van der Waals surface area (Å²) in [5, 5.41) is 0.889. The Morgan fingerprint density at radius 1 is 0.971 bits per heavy atom. The van der Waals surface area contributed by atoms with Crippen LogP contribution in [0.3, 0.4) is 0 Å². The summed E-state index contributed by atoms with van der Waals surface area (Å²) in [6.45, 7) is 0. The van der Waals surface area contributed by atoms with Crippen molar-refractivity contribution in [3.8, 4) is 17.1 Å². The first-order chi connectivity index (χ1) is 16.8. The third-order valence-electron chi connectivity index (χ3n) is 6.44. The van der Waals surface area contributed by atoms with Gasteiger partial charge in [-0.1, -0.05) is 0 Å². The Morgan fingerprint density at radius 3 is 2.57 bits per heavy atom. The third-order valence-corrected chi connectivity index (χ3v) is 7.85. The zero-order chi connectivity index (χ0) is 24.5. The maximum atomic E-state index is 12.6. The van der Waals surface area contributed by atoms with Crippen molar-refractivity contribution in [1.29, 1.82) is 0 Å². The van der Waals surface area contributed by atoms with Gasteiger partial charge in [-0.3, -0.25) is 18.7 Å². The van der Waals surface area contributed by atoms with E-state index in [2.05, 4.69) is 14.7 Å². The van der Waals surface area contributed by atoms with Crippen LogP contribution in [0.15, 0.2) is 70.7 Å². The molecular formula is C24H21N7O3S. The number of pyridine rings is 1. The lowest BCUT2D eigenvalue weighted by atomic mass is 10.2. The van der Waals surface area contributed by atoms with E-state index in [0.717, 1.165) is 33.2 Å². The predicted molar refractivity (Wildman–Crippen MR) is 134 cm³/mol. The fourth-order valence-electron chi connectivity index (χ4n) is 4.56. The highest BCUT2D eigenvalue weighted by Crippen LogP contribution is 2.34. The first-order valence-corrected chi connectivity index (χ1v) is 12.3. The van der Waals surface area contributed by atoms with E-state index in [1.165, 1.54) is 13.1 Å². The number of aryl methyl sites for hydroxylation is 2. The summed E-state index contributed by atoms with van der Waals surface area (Å²) in [5.74, 6) is 0.624. The average molecular weight is 488 g/mol. The van der Waals surface area contributed by atoms with Crippen molar-refractivity contribution in [1.82, 2.24) is 33.4 Å². The Hall–Kier alpha value is -4.22. The van der Waals surface area contributed by atoms with E-state index in [4.69, 9.17) is 4.98 Å². The largest absolute Gasteiger partial charge is 0.360 e. The minimum absolute atomic E-state index is 0.127. The molecule has 0 saturated heterocycles. The standard InChI is InChI=1S/C24H21N7O3S/c1-25-35(33,34)15-5-6-19-21(11-15)31(14-4-7-20-22(10-14)30(3)24(32)29(20)2)23(28-19)17-13-27-18-8-9-26-12-16(17)18/h4-13,25,27H,1-3H3. The monoisotopic (exact) mass is 487 g/mol. The molecule has 0 bridgehead atoms. The summed E-state index contributed by atoms with van der Waals surface area (Å²) in [6, 6.07) is 12.4. The van der Waals surface area contributed by atoms with Crippen molar-refractivity contribution in [2.24, 2.45) is 14.1 Å². The van der Waals surface area contributed by atoms with Gasteiger partial charge < -0.3 is 4.98 Å². The van der Waals surface area contributed by atoms with Crippen LogP contribution < -0.4 is 10.4 Å². The fourth-order valence-corrected chi connectivity index (χ4v) is 5.31. The molecule has 2 aromatic carbocycles. The van der Waals surface area contributed by atoms with Gasteiger partial charge in [-0.25, -0.2) is 22.9 Å². The molecule has 6 rings (SSSR count). The number of aromatic nitrogens is 6. The number of fused-ring (bicyclic) bond motifs is 3. The van der Waals surface area contributed by atoms with Crippen LogP contribution in [0.4, 0.5) is 0 Å². The molecule has 10 nitrogen and oxygen atoms in total. The van der Waals surface area contributed by atoms with Gasteiger partial charge in [-0.15, -0.1) is 0 Å². The summed E-state index contributed by atoms with van der Waals surface area (Å²) in [6.07, 6.45) is 5.35. The molecule has 0 aliphatic heterocycles. The van der Waals surface area contributed by atoms with Crippen molar-refractivity contribution >= 4 is 43.0 Å². The van der Waals surface area contributed by atoms with Crippen LogP contribution in [0.5, 0.6) is 0 Å². The molecule has 0 saturated carbocycles. The number of H-pyrrole nitrogens is 1. The van der Waals surface area contributed by atoms with Gasteiger partial charge in [0.05, 0.1) is 27.0 Å². The molecular weight excluding hydrogens is 466 g/mol. The Morgan fingerprint density at radius 2 is 1.77 bits per heavy atom. The number of nitrogens with one attached hydrogen (secondary N) is 2. The summed E-state index contributed by atoms with van der Waals surface area (Å²) >= 11 is 0. The van der Waals surface area contributed by atoms with E-state index in [1.807, 2.05) is 35.0 Å². The SMILES string of the molecule is CNS(=O)(=O)c1ccc2nc(-c3c[nH]c4ccncc34)n(-c3ccc4c(c3)n(C)c(=O)n4C)c2c1. The third kappa shape index (κ3) is 3.05. The van der Waals surface area contributed by atoms with Crippen molar-refractivity contribution in [2.75, 3.05) is 7.05 Å². The molecule has 35 heavy (non-hydrogen) atoms. The fraction of sp³-hybridized carbons (Fsp3) is 0.125. The molecule has 4 heterocycles. The van der Waals surface area contributed by atoms with Crippen LogP contribution in [0.25, 0.3) is 50.0 Å². The molecule has 2 N–H and O–H groups in total. The zero-order valence-electron chi connectivity index (χ0n) is 19.1. The second kappa shape index (κ2) is 7.39. The lowest BCUT2D eigenvalue weighted by molar-refractivity contribution is 0.588. The van der Waals surface area contributed by atoms with Gasteiger partial charge in [0.1, 0.15) is 5.82 Å². The number of hydrogen-bond acceptors (Lipinski definition) is 5. The Balaban J connectivity index is 1.72. The van der Waals surface area contributed by atoms with E-state index in [0.29, 0.717) is 16.9 Å². The van der Waals surface area contributed by atoms with E-state index in [-0.39, 0.29) is 10.6 Å². The van der Waals surface area contributed by atoms with Crippen molar-refractivity contribution in [2.45, 2.75) is 4.90 Å². The van der Waals surface area contributed by atoms with Crippen LogP contribution in [-0.4, -0.2) is 44.1 Å². The van der Waals surface area contributed by atoms with Crippen LogP contribution in [0.2, 0.25) is 0 Å². The zero-order valence-corrected chi connectivity index (χ0v) is 20.0.